The average molecular weight is 174 g/mol. The first-order valence-electron chi connectivity index (χ1n) is 0. The SMILES string of the molecule is [Li+].[Li+].[Mo].[O-2].[O-2].[O-2].[O-2]. The minimum Gasteiger partial charge on any atom is -2.00 e. The third kappa shape index (κ3) is 85.2. The number of hydrogen-bond acceptors (Lipinski definition) is 0. The summed E-state index contributed by atoms with van der Waals surface area (Å²) >= 11 is 0. The van der Waals surface area contributed by atoms with Gasteiger partial charge in [-0.05, 0) is 0 Å². The maximum atomic E-state index is 0. The van der Waals surface area contributed by atoms with E-state index < -0.39 is 0 Å². The summed E-state index contributed by atoms with van der Waals surface area (Å²) in [6.07, 6.45) is 0. The second-order valence-electron chi connectivity index (χ2n) is 0. The fourth-order valence-corrected chi connectivity index (χ4v) is 0. The fraction of sp³-hybridized carbons (Fsp3) is 0. The zero-order chi connectivity index (χ0) is 0. The van der Waals surface area contributed by atoms with Gasteiger partial charge in [0, 0.05) is 21.1 Å². The minimum atomic E-state index is 0. The summed E-state index contributed by atoms with van der Waals surface area (Å²) < 4.78 is 0. The molecule has 38 valence electrons. The van der Waals surface area contributed by atoms with Crippen LogP contribution >= 0.6 is 0 Å². The van der Waals surface area contributed by atoms with Crippen LogP contribution in [0.1, 0.15) is 0 Å². The number of hydrogen-bond donors (Lipinski definition) is 0. The minimum absolute atomic E-state index is 0. The van der Waals surface area contributed by atoms with E-state index in [4.69, 9.17) is 0 Å². The first-order chi connectivity index (χ1) is 0. The molecule has 0 radical (unpaired) electrons. The van der Waals surface area contributed by atoms with Gasteiger partial charge in [-0.15, -0.1) is 0 Å². The van der Waals surface area contributed by atoms with Crippen molar-refractivity contribution in [2.45, 2.75) is 0 Å². The molecular formula is Li2MoO4-6. The van der Waals surface area contributed by atoms with Crippen LogP contribution in [0.4, 0.5) is 0 Å². The molecule has 0 saturated carbocycles. The van der Waals surface area contributed by atoms with Crippen molar-refractivity contribution in [1.29, 1.82) is 0 Å². The largest absolute Gasteiger partial charge is 2.00 e. The smallest absolute Gasteiger partial charge is 1.00 e. The monoisotopic (exact) mass is 176 g/mol. The van der Waals surface area contributed by atoms with Crippen molar-refractivity contribution < 1.29 is 80.7 Å². The summed E-state index contributed by atoms with van der Waals surface area (Å²) in [6.45, 7) is 0. The van der Waals surface area contributed by atoms with Crippen LogP contribution in [-0.4, -0.2) is 0 Å². The Kier molecular flexibility index (Phi) is 2940. The third-order valence-electron chi connectivity index (χ3n) is 0. The molecule has 0 unspecified atom stereocenters. The maximum absolute atomic E-state index is 0. The van der Waals surface area contributed by atoms with Crippen molar-refractivity contribution in [3.05, 3.63) is 0 Å². The van der Waals surface area contributed by atoms with Crippen molar-refractivity contribution in [3.8, 4) is 0 Å². The molecule has 0 aliphatic rings. The van der Waals surface area contributed by atoms with E-state index in [1.54, 1.807) is 0 Å². The molecule has 7 heavy (non-hydrogen) atoms. The van der Waals surface area contributed by atoms with Crippen molar-refractivity contribution in [2.75, 3.05) is 0 Å². The second kappa shape index (κ2) is 118. The Hall–Kier alpha value is 1.72. The summed E-state index contributed by atoms with van der Waals surface area (Å²) in [6, 6.07) is 0. The topological polar surface area (TPSA) is 114 Å². The summed E-state index contributed by atoms with van der Waals surface area (Å²) in [7, 11) is 0. The van der Waals surface area contributed by atoms with Gasteiger partial charge in [0.15, 0.2) is 0 Å². The van der Waals surface area contributed by atoms with E-state index in [2.05, 4.69) is 0 Å². The van der Waals surface area contributed by atoms with Gasteiger partial charge < -0.3 is 21.9 Å². The average Bonchev–Trinajstić information content (AvgIpc) is 0. The van der Waals surface area contributed by atoms with Gasteiger partial charge in [-0.1, -0.05) is 0 Å². The van der Waals surface area contributed by atoms with E-state index in [0.29, 0.717) is 0 Å². The molecular weight excluding hydrogens is 174 g/mol. The molecule has 0 saturated heterocycles. The van der Waals surface area contributed by atoms with Gasteiger partial charge in [0.1, 0.15) is 0 Å². The van der Waals surface area contributed by atoms with Crippen molar-refractivity contribution in [2.24, 2.45) is 0 Å². The van der Waals surface area contributed by atoms with Crippen molar-refractivity contribution in [3.63, 3.8) is 0 Å². The Morgan fingerprint density at radius 2 is 0.429 bits per heavy atom. The third-order valence-corrected chi connectivity index (χ3v) is 0. The molecule has 0 fully saturated rings. The molecule has 0 rings (SSSR count). The van der Waals surface area contributed by atoms with Crippen LogP contribution in [0.5, 0.6) is 0 Å². The normalized spacial score (nSPS) is 0. The second-order valence-corrected chi connectivity index (χ2v) is 0. The van der Waals surface area contributed by atoms with E-state index >= 15 is 0 Å². The van der Waals surface area contributed by atoms with Gasteiger partial charge in [0.05, 0.1) is 0 Å². The first-order valence-corrected chi connectivity index (χ1v) is 0. The molecule has 0 heterocycles. The van der Waals surface area contributed by atoms with Gasteiger partial charge in [-0.25, -0.2) is 0 Å². The van der Waals surface area contributed by atoms with E-state index in [1.807, 2.05) is 0 Å². The molecule has 0 aliphatic heterocycles. The van der Waals surface area contributed by atoms with Gasteiger partial charge in [-0.3, -0.25) is 0 Å². The Morgan fingerprint density at radius 3 is 0.429 bits per heavy atom. The Bertz CT molecular complexity index is 9.65. The van der Waals surface area contributed by atoms with Crippen LogP contribution in [-0.2, 0) is 43.0 Å². The van der Waals surface area contributed by atoms with Crippen LogP contribution in [0.2, 0.25) is 0 Å². The fourth-order valence-electron chi connectivity index (χ4n) is 0. The van der Waals surface area contributed by atoms with Crippen LogP contribution in [0.3, 0.4) is 0 Å². The molecule has 7 heteroatoms. The maximum Gasteiger partial charge on any atom is 1.00 e. The van der Waals surface area contributed by atoms with Crippen LogP contribution in [0, 0.1) is 0 Å². The van der Waals surface area contributed by atoms with E-state index in [1.165, 1.54) is 0 Å². The molecule has 0 spiro atoms. The van der Waals surface area contributed by atoms with Crippen LogP contribution < -0.4 is 37.7 Å². The zero-order valence-corrected chi connectivity index (χ0v) is 6.05. The quantitative estimate of drug-likeness (QED) is 0.325. The number of rotatable bonds is 0. The zero-order valence-electron chi connectivity index (χ0n) is 4.04. The summed E-state index contributed by atoms with van der Waals surface area (Å²) in [5, 5.41) is 0. The molecule has 0 N–H and O–H groups in total. The van der Waals surface area contributed by atoms with Gasteiger partial charge in [0.2, 0.25) is 0 Å². The Labute approximate surface area is 80.3 Å². The molecule has 0 bridgehead atoms. The Balaban J connectivity index is 0. The van der Waals surface area contributed by atoms with Gasteiger partial charge in [0.25, 0.3) is 0 Å². The summed E-state index contributed by atoms with van der Waals surface area (Å²) in [4.78, 5) is 0. The van der Waals surface area contributed by atoms with E-state index in [9.17, 15) is 0 Å². The molecule has 4 nitrogen and oxygen atoms in total. The summed E-state index contributed by atoms with van der Waals surface area (Å²) in [5.74, 6) is 0. The predicted octanol–water partition coefficient (Wildman–Crippen LogP) is -6.47. The molecule has 0 aromatic heterocycles. The molecule has 0 aliphatic carbocycles. The molecule has 0 aromatic carbocycles. The van der Waals surface area contributed by atoms with Gasteiger partial charge in [-0.2, -0.15) is 0 Å². The van der Waals surface area contributed by atoms with E-state index in [0.717, 1.165) is 0 Å². The molecule has 0 aromatic rings. The molecule has 0 atom stereocenters. The predicted molar refractivity (Wildman–Crippen MR) is 2.75 cm³/mol. The van der Waals surface area contributed by atoms with Crippen LogP contribution in [0.25, 0.3) is 0 Å². The van der Waals surface area contributed by atoms with Crippen molar-refractivity contribution >= 4 is 0 Å². The van der Waals surface area contributed by atoms with Crippen molar-refractivity contribution in [1.82, 2.24) is 0 Å². The summed E-state index contributed by atoms with van der Waals surface area (Å²) in [5.41, 5.74) is 0. The molecule has 0 amide bonds. The first kappa shape index (κ1) is 175. The van der Waals surface area contributed by atoms with Gasteiger partial charge >= 0.3 is 37.7 Å². The Morgan fingerprint density at radius 1 is 0.429 bits per heavy atom. The van der Waals surface area contributed by atoms with E-state index in [-0.39, 0.29) is 80.7 Å². The van der Waals surface area contributed by atoms with Crippen LogP contribution in [0.15, 0.2) is 0 Å². The standard InChI is InChI=1S/2Li.Mo.4O/q2*+1;;4*-2.